The van der Waals surface area contributed by atoms with Crippen molar-refractivity contribution in [3.63, 3.8) is 0 Å². The van der Waals surface area contributed by atoms with Crippen LogP contribution in [-0.4, -0.2) is 34.8 Å². The highest BCUT2D eigenvalue weighted by Gasteiger charge is 2.20. The van der Waals surface area contributed by atoms with Crippen molar-refractivity contribution in [3.05, 3.63) is 30.0 Å². The molecule has 1 atom stereocenters. The lowest BCUT2D eigenvalue weighted by atomic mass is 9.94. The van der Waals surface area contributed by atoms with Gasteiger partial charge in [0, 0.05) is 12.5 Å². The molecule has 1 aliphatic rings. The van der Waals surface area contributed by atoms with Gasteiger partial charge in [0.2, 0.25) is 5.95 Å². The molecular weight excluding hydrogens is 376 g/mol. The normalized spacial score (nSPS) is 16.6. The zero-order valence-corrected chi connectivity index (χ0v) is 17.5. The second kappa shape index (κ2) is 10.5. The predicted octanol–water partition coefficient (Wildman–Crippen LogP) is 4.14. The van der Waals surface area contributed by atoms with E-state index in [2.05, 4.69) is 29.1 Å². The third kappa shape index (κ3) is 5.72. The first kappa shape index (κ1) is 22.2. The molecule has 6 nitrogen and oxygen atoms in total. The Morgan fingerprint density at radius 2 is 2.14 bits per heavy atom. The quantitative estimate of drug-likeness (QED) is 0.598. The monoisotopic (exact) mass is 406 g/mol. The molecule has 1 aromatic heterocycles. The van der Waals surface area contributed by atoms with E-state index in [0.717, 1.165) is 44.5 Å². The molecule has 4 N–H and O–H groups in total. The third-order valence-corrected chi connectivity index (χ3v) is 4.92. The van der Waals surface area contributed by atoms with Crippen molar-refractivity contribution in [1.82, 2.24) is 15.3 Å². The number of nitrogens with two attached hydrogens (primary N) is 1. The number of nitrogens with one attached hydrogen (secondary N) is 1. The summed E-state index contributed by atoms with van der Waals surface area (Å²) in [5.41, 5.74) is 8.10. The summed E-state index contributed by atoms with van der Waals surface area (Å²) in [6.07, 6.45) is 4.26. The minimum atomic E-state index is 0. The van der Waals surface area contributed by atoms with Crippen LogP contribution in [0.3, 0.4) is 0 Å². The lowest BCUT2D eigenvalue weighted by molar-refractivity contribution is 0.297. The first-order chi connectivity index (χ1) is 13.0. The minimum Gasteiger partial charge on any atom is -0.507 e. The summed E-state index contributed by atoms with van der Waals surface area (Å²) in [4.78, 5) is 8.82. The number of benzene rings is 1. The Bertz CT molecular complexity index is 764. The SMILES string of the molecule is CC(C)CCCOc1cccc(O)c1-c1cc(C2CCCNC2)nc(N)n1.Cl. The molecule has 1 aromatic carbocycles. The van der Waals surface area contributed by atoms with Crippen molar-refractivity contribution in [2.24, 2.45) is 5.92 Å². The zero-order chi connectivity index (χ0) is 19.2. The second-order valence-corrected chi connectivity index (χ2v) is 7.61. The number of nitrogens with zero attached hydrogens (tertiary/aromatic N) is 2. The first-order valence-corrected chi connectivity index (χ1v) is 9.85. The molecule has 1 aliphatic heterocycles. The maximum absolute atomic E-state index is 10.5. The molecule has 1 saturated heterocycles. The van der Waals surface area contributed by atoms with Crippen LogP contribution in [-0.2, 0) is 0 Å². The van der Waals surface area contributed by atoms with Crippen LogP contribution in [0.5, 0.6) is 11.5 Å². The summed E-state index contributed by atoms with van der Waals surface area (Å²) in [6.45, 7) is 6.93. The van der Waals surface area contributed by atoms with Crippen LogP contribution in [0.2, 0.25) is 0 Å². The van der Waals surface area contributed by atoms with E-state index in [0.29, 0.717) is 35.4 Å². The number of nitrogen functional groups attached to an aromatic ring is 1. The summed E-state index contributed by atoms with van der Waals surface area (Å²) < 4.78 is 5.97. The van der Waals surface area contributed by atoms with Gasteiger partial charge in [0.1, 0.15) is 11.5 Å². The maximum atomic E-state index is 10.5. The lowest BCUT2D eigenvalue weighted by Crippen LogP contribution is -2.29. The smallest absolute Gasteiger partial charge is 0.220 e. The Hall–Kier alpha value is -2.05. The molecule has 28 heavy (non-hydrogen) atoms. The van der Waals surface area contributed by atoms with Crippen LogP contribution < -0.4 is 15.8 Å². The highest BCUT2D eigenvalue weighted by molar-refractivity contribution is 5.85. The fourth-order valence-corrected chi connectivity index (χ4v) is 3.50. The van der Waals surface area contributed by atoms with Gasteiger partial charge < -0.3 is 20.9 Å². The molecule has 2 aromatic rings. The van der Waals surface area contributed by atoms with E-state index in [1.54, 1.807) is 12.1 Å². The maximum Gasteiger partial charge on any atom is 0.220 e. The Morgan fingerprint density at radius 1 is 1.32 bits per heavy atom. The van der Waals surface area contributed by atoms with Crippen molar-refractivity contribution < 1.29 is 9.84 Å². The van der Waals surface area contributed by atoms with E-state index in [9.17, 15) is 5.11 Å². The summed E-state index contributed by atoms with van der Waals surface area (Å²) in [5.74, 6) is 1.95. The number of rotatable bonds is 7. The van der Waals surface area contributed by atoms with Crippen LogP contribution in [0.4, 0.5) is 5.95 Å². The van der Waals surface area contributed by atoms with Gasteiger partial charge in [-0.2, -0.15) is 0 Å². The van der Waals surface area contributed by atoms with Crippen LogP contribution in [0, 0.1) is 5.92 Å². The zero-order valence-electron chi connectivity index (χ0n) is 16.6. The average molecular weight is 407 g/mol. The summed E-state index contributed by atoms with van der Waals surface area (Å²) in [5, 5.41) is 13.9. The van der Waals surface area contributed by atoms with Gasteiger partial charge in [-0.05, 0) is 56.3 Å². The average Bonchev–Trinajstić information content (AvgIpc) is 2.65. The van der Waals surface area contributed by atoms with Crippen LogP contribution in [0.25, 0.3) is 11.3 Å². The van der Waals surface area contributed by atoms with Gasteiger partial charge in [0.05, 0.1) is 23.6 Å². The molecule has 0 amide bonds. The Labute approximate surface area is 173 Å². The summed E-state index contributed by atoms with van der Waals surface area (Å²) >= 11 is 0. The molecule has 0 aliphatic carbocycles. The topological polar surface area (TPSA) is 93.3 Å². The van der Waals surface area contributed by atoms with E-state index in [1.807, 2.05) is 12.1 Å². The first-order valence-electron chi connectivity index (χ1n) is 9.85. The van der Waals surface area contributed by atoms with Gasteiger partial charge in [-0.3, -0.25) is 0 Å². The van der Waals surface area contributed by atoms with Crippen LogP contribution in [0.15, 0.2) is 24.3 Å². The molecule has 2 heterocycles. The number of anilines is 1. The number of aromatic nitrogens is 2. The van der Waals surface area contributed by atoms with E-state index < -0.39 is 0 Å². The van der Waals surface area contributed by atoms with Gasteiger partial charge in [-0.25, -0.2) is 9.97 Å². The minimum absolute atomic E-state index is 0. The molecule has 0 bridgehead atoms. The van der Waals surface area contributed by atoms with Gasteiger partial charge in [0.25, 0.3) is 0 Å². The van der Waals surface area contributed by atoms with Crippen molar-refractivity contribution in [3.8, 4) is 22.8 Å². The fraction of sp³-hybridized carbons (Fsp3) is 0.524. The molecule has 1 unspecified atom stereocenters. The van der Waals surface area contributed by atoms with Crippen molar-refractivity contribution in [2.75, 3.05) is 25.4 Å². The van der Waals surface area contributed by atoms with Crippen LogP contribution in [0.1, 0.15) is 51.1 Å². The summed E-state index contributed by atoms with van der Waals surface area (Å²) in [6, 6.07) is 7.23. The van der Waals surface area contributed by atoms with Gasteiger partial charge in [-0.1, -0.05) is 19.9 Å². The summed E-state index contributed by atoms with van der Waals surface area (Å²) in [7, 11) is 0. The fourth-order valence-electron chi connectivity index (χ4n) is 3.50. The lowest BCUT2D eigenvalue weighted by Gasteiger charge is -2.23. The van der Waals surface area contributed by atoms with Crippen LogP contribution >= 0.6 is 12.4 Å². The molecule has 0 radical (unpaired) electrons. The molecule has 7 heteroatoms. The predicted molar refractivity (Wildman–Crippen MR) is 115 cm³/mol. The number of aromatic hydroxyl groups is 1. The third-order valence-electron chi connectivity index (χ3n) is 4.92. The molecule has 1 fully saturated rings. The number of phenolic OH excluding ortho intramolecular Hbond substituents is 1. The second-order valence-electron chi connectivity index (χ2n) is 7.61. The molecule has 0 spiro atoms. The van der Waals surface area contributed by atoms with Gasteiger partial charge in [-0.15, -0.1) is 12.4 Å². The van der Waals surface area contributed by atoms with E-state index in [-0.39, 0.29) is 24.1 Å². The molecule has 3 rings (SSSR count). The highest BCUT2D eigenvalue weighted by atomic mass is 35.5. The van der Waals surface area contributed by atoms with Gasteiger partial charge >= 0.3 is 0 Å². The molecule has 0 saturated carbocycles. The van der Waals surface area contributed by atoms with Crippen molar-refractivity contribution in [1.29, 1.82) is 0 Å². The largest absolute Gasteiger partial charge is 0.507 e. The molecular formula is C21H31ClN4O2. The molecule has 154 valence electrons. The number of ether oxygens (including phenoxy) is 1. The Morgan fingerprint density at radius 3 is 2.86 bits per heavy atom. The number of phenols is 1. The number of piperidine rings is 1. The van der Waals surface area contributed by atoms with E-state index >= 15 is 0 Å². The highest BCUT2D eigenvalue weighted by Crippen LogP contribution is 2.38. The Balaban J connectivity index is 0.00000280. The Kier molecular flexibility index (Phi) is 8.33. The number of hydrogen-bond acceptors (Lipinski definition) is 6. The van der Waals surface area contributed by atoms with Crippen molar-refractivity contribution >= 4 is 18.4 Å². The number of hydrogen-bond donors (Lipinski definition) is 3. The van der Waals surface area contributed by atoms with E-state index in [4.69, 9.17) is 10.5 Å². The van der Waals surface area contributed by atoms with Gasteiger partial charge in [0.15, 0.2) is 0 Å². The number of halogens is 1. The van der Waals surface area contributed by atoms with E-state index in [1.165, 1.54) is 0 Å². The standard InChI is InChI=1S/C21H30N4O2.ClH/c1-14(2)6-5-11-27-19-9-3-8-18(26)20(19)17-12-16(24-21(22)25-17)15-7-4-10-23-13-15;/h3,8-9,12,14-15,23,26H,4-7,10-11,13H2,1-2H3,(H2,22,24,25);1H. The van der Waals surface area contributed by atoms with Crippen molar-refractivity contribution in [2.45, 2.75) is 45.4 Å².